The molecule has 25 heavy (non-hydrogen) atoms. The van der Waals surface area contributed by atoms with Gasteiger partial charge in [0.05, 0.1) is 24.9 Å². The Hall–Kier alpha value is -1.44. The van der Waals surface area contributed by atoms with Crippen molar-refractivity contribution in [3.8, 4) is 5.75 Å². The Labute approximate surface area is 150 Å². The molecule has 0 spiro atoms. The van der Waals surface area contributed by atoms with Gasteiger partial charge in [-0.25, -0.2) is 4.39 Å². The second-order valence-electron chi connectivity index (χ2n) is 7.83. The van der Waals surface area contributed by atoms with Crippen molar-refractivity contribution in [2.75, 3.05) is 31.8 Å². The van der Waals surface area contributed by atoms with Crippen LogP contribution in [0.15, 0.2) is 18.2 Å². The number of fused-ring (bicyclic) bond motifs is 1. The maximum atomic E-state index is 13.4. The average Bonchev–Trinajstić information content (AvgIpc) is 2.52. The molecule has 0 saturated carbocycles. The van der Waals surface area contributed by atoms with Gasteiger partial charge in [-0.15, -0.1) is 0 Å². The molecule has 1 heterocycles. The smallest absolute Gasteiger partial charge is 0.265 e. The summed E-state index contributed by atoms with van der Waals surface area (Å²) in [6.45, 7) is 11.5. The molecule has 2 rings (SSSR count). The molecule has 0 aromatic heterocycles. The molecule has 0 fully saturated rings. The van der Waals surface area contributed by atoms with Crippen LogP contribution in [0, 0.1) is 5.82 Å². The molecule has 7 heteroatoms. The quantitative estimate of drug-likeness (QED) is 0.719. The highest BCUT2D eigenvalue weighted by Crippen LogP contribution is 2.37. The number of halogens is 1. The van der Waals surface area contributed by atoms with E-state index in [0.29, 0.717) is 24.6 Å². The normalized spacial score (nSPS) is 16.4. The standard InChI is InChI=1S/C18H28FNO4Si/c1-18(2,3)25(5,6)24-11-14(22-4)10-20-15-8-7-13(19)9-16(15)23-12-17(20)21/h7-9,14H,10-12H2,1-6H3. The molecule has 0 radical (unpaired) electrons. The molecule has 0 aliphatic carbocycles. The van der Waals surface area contributed by atoms with Crippen molar-refractivity contribution >= 4 is 19.9 Å². The first-order valence-corrected chi connectivity index (χ1v) is 11.4. The lowest BCUT2D eigenvalue weighted by Gasteiger charge is -2.38. The Morgan fingerprint density at radius 2 is 2.04 bits per heavy atom. The molecule has 1 aromatic carbocycles. The fourth-order valence-electron chi connectivity index (χ4n) is 2.30. The minimum absolute atomic E-state index is 0.101. The second-order valence-corrected chi connectivity index (χ2v) is 12.6. The predicted octanol–water partition coefficient (Wildman–Crippen LogP) is 3.59. The molecular weight excluding hydrogens is 341 g/mol. The SMILES string of the molecule is COC(CO[Si](C)(C)C(C)(C)C)CN1C(=O)COc2cc(F)ccc21. The summed E-state index contributed by atoms with van der Waals surface area (Å²) in [6, 6.07) is 4.17. The van der Waals surface area contributed by atoms with E-state index in [1.54, 1.807) is 18.1 Å². The van der Waals surface area contributed by atoms with Gasteiger partial charge in [0.2, 0.25) is 0 Å². The van der Waals surface area contributed by atoms with E-state index in [4.69, 9.17) is 13.9 Å². The number of amides is 1. The van der Waals surface area contributed by atoms with Crippen LogP contribution in [0.3, 0.4) is 0 Å². The Kier molecular flexibility index (Phi) is 5.91. The van der Waals surface area contributed by atoms with Crippen LogP contribution in [0.1, 0.15) is 20.8 Å². The predicted molar refractivity (Wildman–Crippen MR) is 98.2 cm³/mol. The van der Waals surface area contributed by atoms with Gasteiger partial charge >= 0.3 is 0 Å². The summed E-state index contributed by atoms with van der Waals surface area (Å²) in [5.41, 5.74) is 0.562. The molecule has 0 bridgehead atoms. The summed E-state index contributed by atoms with van der Waals surface area (Å²) >= 11 is 0. The van der Waals surface area contributed by atoms with E-state index in [2.05, 4.69) is 33.9 Å². The van der Waals surface area contributed by atoms with Crippen molar-refractivity contribution in [1.29, 1.82) is 0 Å². The third-order valence-electron chi connectivity index (χ3n) is 5.02. The number of hydrogen-bond acceptors (Lipinski definition) is 4. The lowest BCUT2D eigenvalue weighted by molar-refractivity contribution is -0.121. The minimum atomic E-state index is -1.90. The van der Waals surface area contributed by atoms with E-state index in [9.17, 15) is 9.18 Å². The lowest BCUT2D eigenvalue weighted by Crippen LogP contribution is -2.47. The first-order chi connectivity index (χ1) is 11.5. The Balaban J connectivity index is 2.10. The van der Waals surface area contributed by atoms with Crippen LogP contribution < -0.4 is 9.64 Å². The summed E-state index contributed by atoms with van der Waals surface area (Å²) in [4.78, 5) is 13.9. The molecular formula is C18H28FNO4Si. The molecule has 5 nitrogen and oxygen atoms in total. The van der Waals surface area contributed by atoms with E-state index in [0.717, 1.165) is 0 Å². The van der Waals surface area contributed by atoms with Crippen LogP contribution in [-0.2, 0) is 14.0 Å². The molecule has 0 saturated heterocycles. The van der Waals surface area contributed by atoms with Crippen molar-refractivity contribution in [3.05, 3.63) is 24.0 Å². The van der Waals surface area contributed by atoms with E-state index in [1.807, 2.05) is 0 Å². The van der Waals surface area contributed by atoms with Crippen LogP contribution in [0.2, 0.25) is 18.1 Å². The van der Waals surface area contributed by atoms with Crippen LogP contribution >= 0.6 is 0 Å². The average molecular weight is 370 g/mol. The molecule has 1 aliphatic heterocycles. The maximum Gasteiger partial charge on any atom is 0.265 e. The first-order valence-electron chi connectivity index (χ1n) is 8.44. The largest absolute Gasteiger partial charge is 0.481 e. The van der Waals surface area contributed by atoms with E-state index >= 15 is 0 Å². The Morgan fingerprint density at radius 3 is 2.64 bits per heavy atom. The Morgan fingerprint density at radius 1 is 1.36 bits per heavy atom. The van der Waals surface area contributed by atoms with Gasteiger partial charge in [0.15, 0.2) is 14.9 Å². The van der Waals surface area contributed by atoms with Gasteiger partial charge < -0.3 is 18.8 Å². The lowest BCUT2D eigenvalue weighted by atomic mass is 10.2. The second kappa shape index (κ2) is 7.43. The van der Waals surface area contributed by atoms with E-state index in [1.165, 1.54) is 12.1 Å². The van der Waals surface area contributed by atoms with Gasteiger partial charge in [-0.05, 0) is 30.3 Å². The number of hydrogen-bond donors (Lipinski definition) is 0. The molecule has 140 valence electrons. The van der Waals surface area contributed by atoms with Crippen molar-refractivity contribution in [1.82, 2.24) is 0 Å². The van der Waals surface area contributed by atoms with Gasteiger partial charge in [0, 0.05) is 13.2 Å². The molecule has 0 N–H and O–H groups in total. The number of carbonyl (C=O) groups excluding carboxylic acids is 1. The number of carbonyl (C=O) groups is 1. The summed E-state index contributed by atoms with van der Waals surface area (Å²) in [5, 5.41) is 0.101. The molecule has 1 unspecified atom stereocenters. The van der Waals surface area contributed by atoms with Crippen LogP contribution in [-0.4, -0.2) is 47.2 Å². The topological polar surface area (TPSA) is 48.0 Å². The third-order valence-corrected chi connectivity index (χ3v) is 9.52. The van der Waals surface area contributed by atoms with Gasteiger partial charge in [-0.1, -0.05) is 20.8 Å². The zero-order chi connectivity index (χ0) is 18.8. The maximum absolute atomic E-state index is 13.4. The fraction of sp³-hybridized carbons (Fsp3) is 0.611. The van der Waals surface area contributed by atoms with Crippen molar-refractivity contribution < 1.29 is 23.1 Å². The van der Waals surface area contributed by atoms with Crippen LogP contribution in [0.5, 0.6) is 5.75 Å². The highest BCUT2D eigenvalue weighted by atomic mass is 28.4. The highest BCUT2D eigenvalue weighted by Gasteiger charge is 2.38. The first kappa shape index (κ1) is 19.9. The molecule has 1 aliphatic rings. The van der Waals surface area contributed by atoms with Gasteiger partial charge in [-0.2, -0.15) is 0 Å². The van der Waals surface area contributed by atoms with Crippen LogP contribution in [0.4, 0.5) is 10.1 Å². The molecule has 1 aromatic rings. The zero-order valence-corrected chi connectivity index (χ0v) is 16.9. The number of benzene rings is 1. The van der Waals surface area contributed by atoms with Crippen molar-refractivity contribution in [2.24, 2.45) is 0 Å². The number of rotatable bonds is 6. The Bertz CT molecular complexity index is 630. The van der Waals surface area contributed by atoms with E-state index < -0.39 is 14.1 Å². The molecule has 1 amide bonds. The summed E-state index contributed by atoms with van der Waals surface area (Å²) in [7, 11) is -0.296. The monoisotopic (exact) mass is 369 g/mol. The summed E-state index contributed by atoms with van der Waals surface area (Å²) in [5.74, 6) is -0.189. The summed E-state index contributed by atoms with van der Waals surface area (Å²) < 4.78 is 30.5. The summed E-state index contributed by atoms with van der Waals surface area (Å²) in [6.07, 6.45) is -0.269. The third kappa shape index (κ3) is 4.59. The van der Waals surface area contributed by atoms with Crippen molar-refractivity contribution in [2.45, 2.75) is 45.0 Å². The fourth-order valence-corrected chi connectivity index (χ4v) is 3.33. The molecule has 1 atom stereocenters. The van der Waals surface area contributed by atoms with E-state index in [-0.39, 0.29) is 23.7 Å². The van der Waals surface area contributed by atoms with Gasteiger partial charge in [-0.3, -0.25) is 4.79 Å². The zero-order valence-electron chi connectivity index (χ0n) is 15.9. The number of anilines is 1. The number of nitrogens with zero attached hydrogens (tertiary/aromatic N) is 1. The minimum Gasteiger partial charge on any atom is -0.481 e. The number of methoxy groups -OCH3 is 1. The van der Waals surface area contributed by atoms with Gasteiger partial charge in [0.25, 0.3) is 5.91 Å². The van der Waals surface area contributed by atoms with Crippen LogP contribution in [0.25, 0.3) is 0 Å². The number of ether oxygens (including phenoxy) is 2. The van der Waals surface area contributed by atoms with Crippen molar-refractivity contribution in [3.63, 3.8) is 0 Å². The highest BCUT2D eigenvalue weighted by molar-refractivity contribution is 6.74. The van der Waals surface area contributed by atoms with Gasteiger partial charge in [0.1, 0.15) is 11.6 Å².